The molecule has 1 N–H and O–H groups in total. The molecule has 0 aliphatic carbocycles. The Kier molecular flexibility index (Phi) is 4.15. The first-order valence-corrected chi connectivity index (χ1v) is 6.37. The van der Waals surface area contributed by atoms with E-state index in [0.29, 0.717) is 0 Å². The van der Waals surface area contributed by atoms with Crippen molar-refractivity contribution < 1.29 is 4.79 Å². The third-order valence-electron chi connectivity index (χ3n) is 3.30. The summed E-state index contributed by atoms with van der Waals surface area (Å²) in [6, 6.07) is 10.4. The fourth-order valence-corrected chi connectivity index (χ4v) is 2.24. The SMILES string of the molecule is CCC1NCCN(CCc2ccccc2)C1=O. The Labute approximate surface area is 103 Å². The molecule has 1 fully saturated rings. The van der Waals surface area contributed by atoms with Gasteiger partial charge in [-0.15, -0.1) is 0 Å². The van der Waals surface area contributed by atoms with Gasteiger partial charge in [0.15, 0.2) is 0 Å². The molecule has 1 aromatic rings. The van der Waals surface area contributed by atoms with Crippen LogP contribution in [-0.4, -0.2) is 36.5 Å². The lowest BCUT2D eigenvalue weighted by Gasteiger charge is -2.32. The molecule has 0 bridgehead atoms. The van der Waals surface area contributed by atoms with E-state index in [1.807, 2.05) is 23.1 Å². The van der Waals surface area contributed by atoms with Crippen LogP contribution >= 0.6 is 0 Å². The summed E-state index contributed by atoms with van der Waals surface area (Å²) in [5, 5.41) is 3.26. The zero-order valence-corrected chi connectivity index (χ0v) is 10.4. The van der Waals surface area contributed by atoms with E-state index in [1.165, 1.54) is 5.56 Å². The number of hydrogen-bond donors (Lipinski definition) is 1. The number of carbonyl (C=O) groups excluding carboxylic acids is 1. The molecule has 1 aliphatic heterocycles. The number of carbonyl (C=O) groups is 1. The summed E-state index contributed by atoms with van der Waals surface area (Å²) in [5.41, 5.74) is 1.30. The van der Waals surface area contributed by atoms with Gasteiger partial charge < -0.3 is 10.2 Å². The first kappa shape index (κ1) is 12.1. The van der Waals surface area contributed by atoms with Crippen LogP contribution in [0.1, 0.15) is 18.9 Å². The van der Waals surface area contributed by atoms with Gasteiger partial charge in [-0.1, -0.05) is 37.3 Å². The standard InChI is InChI=1S/C14H20N2O/c1-2-13-14(17)16(11-9-15-13)10-8-12-6-4-3-5-7-12/h3-7,13,15H,2,8-11H2,1H3. The monoisotopic (exact) mass is 232 g/mol. The molecule has 0 radical (unpaired) electrons. The van der Waals surface area contributed by atoms with E-state index in [0.717, 1.165) is 32.5 Å². The summed E-state index contributed by atoms with van der Waals surface area (Å²) in [6.45, 7) is 4.64. The van der Waals surface area contributed by atoms with Gasteiger partial charge in [-0.2, -0.15) is 0 Å². The molecule has 2 rings (SSSR count). The molecule has 3 heteroatoms. The van der Waals surface area contributed by atoms with Crippen LogP contribution in [0, 0.1) is 0 Å². The van der Waals surface area contributed by atoms with Crippen molar-refractivity contribution in [1.29, 1.82) is 0 Å². The van der Waals surface area contributed by atoms with Crippen LogP contribution in [0.5, 0.6) is 0 Å². The van der Waals surface area contributed by atoms with Crippen molar-refractivity contribution in [2.24, 2.45) is 0 Å². The molecule has 0 saturated carbocycles. The highest BCUT2D eigenvalue weighted by Crippen LogP contribution is 2.07. The second kappa shape index (κ2) is 5.82. The summed E-state index contributed by atoms with van der Waals surface area (Å²) in [7, 11) is 0. The van der Waals surface area contributed by atoms with Crippen LogP contribution < -0.4 is 5.32 Å². The fourth-order valence-electron chi connectivity index (χ4n) is 2.24. The summed E-state index contributed by atoms with van der Waals surface area (Å²) >= 11 is 0. The van der Waals surface area contributed by atoms with Crippen molar-refractivity contribution in [3.05, 3.63) is 35.9 Å². The minimum absolute atomic E-state index is 0.0273. The number of nitrogens with one attached hydrogen (secondary N) is 1. The van der Waals surface area contributed by atoms with Gasteiger partial charge in [0, 0.05) is 19.6 Å². The Balaban J connectivity index is 1.88. The average Bonchev–Trinajstić information content (AvgIpc) is 2.39. The predicted molar refractivity (Wildman–Crippen MR) is 68.8 cm³/mol. The van der Waals surface area contributed by atoms with Crippen LogP contribution in [0.25, 0.3) is 0 Å². The minimum atomic E-state index is 0.0273. The quantitative estimate of drug-likeness (QED) is 0.852. The molecule has 17 heavy (non-hydrogen) atoms. The van der Waals surface area contributed by atoms with Gasteiger partial charge in [0.25, 0.3) is 0 Å². The predicted octanol–water partition coefficient (Wildman–Crippen LogP) is 1.44. The minimum Gasteiger partial charge on any atom is -0.340 e. The molecular weight excluding hydrogens is 212 g/mol. The third kappa shape index (κ3) is 3.07. The van der Waals surface area contributed by atoms with Crippen LogP contribution in [0.4, 0.5) is 0 Å². The first-order valence-electron chi connectivity index (χ1n) is 6.37. The third-order valence-corrected chi connectivity index (χ3v) is 3.30. The molecular formula is C14H20N2O. The van der Waals surface area contributed by atoms with Gasteiger partial charge in [-0.3, -0.25) is 4.79 Å². The summed E-state index contributed by atoms with van der Waals surface area (Å²) in [5.74, 6) is 0.259. The lowest BCUT2D eigenvalue weighted by Crippen LogP contribution is -2.55. The normalized spacial score (nSPS) is 20.6. The number of amides is 1. The highest BCUT2D eigenvalue weighted by Gasteiger charge is 2.26. The van der Waals surface area contributed by atoms with Crippen molar-refractivity contribution in [1.82, 2.24) is 10.2 Å². The highest BCUT2D eigenvalue weighted by atomic mass is 16.2. The molecule has 1 atom stereocenters. The van der Waals surface area contributed by atoms with E-state index in [2.05, 4.69) is 24.4 Å². The van der Waals surface area contributed by atoms with Crippen molar-refractivity contribution >= 4 is 5.91 Å². The van der Waals surface area contributed by atoms with Crippen molar-refractivity contribution in [3.8, 4) is 0 Å². The molecule has 1 aliphatic rings. The van der Waals surface area contributed by atoms with Gasteiger partial charge in [-0.05, 0) is 18.4 Å². The van der Waals surface area contributed by atoms with Crippen molar-refractivity contribution in [2.45, 2.75) is 25.8 Å². The van der Waals surface area contributed by atoms with E-state index in [-0.39, 0.29) is 11.9 Å². The Morgan fingerprint density at radius 2 is 2.12 bits per heavy atom. The van der Waals surface area contributed by atoms with E-state index in [4.69, 9.17) is 0 Å². The number of benzene rings is 1. The number of piperazine rings is 1. The molecule has 1 saturated heterocycles. The maximum Gasteiger partial charge on any atom is 0.239 e. The maximum absolute atomic E-state index is 12.0. The van der Waals surface area contributed by atoms with Crippen LogP contribution in [0.2, 0.25) is 0 Å². The number of nitrogens with zero attached hydrogens (tertiary/aromatic N) is 1. The second-order valence-corrected chi connectivity index (χ2v) is 4.48. The lowest BCUT2D eigenvalue weighted by atomic mass is 10.1. The first-order chi connectivity index (χ1) is 8.31. The topological polar surface area (TPSA) is 32.3 Å². The van der Waals surface area contributed by atoms with Crippen molar-refractivity contribution in [2.75, 3.05) is 19.6 Å². The largest absolute Gasteiger partial charge is 0.340 e. The zero-order chi connectivity index (χ0) is 12.1. The summed E-state index contributed by atoms with van der Waals surface area (Å²) < 4.78 is 0. The summed E-state index contributed by atoms with van der Waals surface area (Å²) in [4.78, 5) is 14.0. The van der Waals surface area contributed by atoms with Crippen LogP contribution in [0.15, 0.2) is 30.3 Å². The van der Waals surface area contributed by atoms with E-state index < -0.39 is 0 Å². The Morgan fingerprint density at radius 3 is 2.82 bits per heavy atom. The zero-order valence-electron chi connectivity index (χ0n) is 10.4. The molecule has 92 valence electrons. The molecule has 1 amide bonds. The number of hydrogen-bond acceptors (Lipinski definition) is 2. The van der Waals surface area contributed by atoms with Gasteiger partial charge in [0.2, 0.25) is 5.91 Å². The van der Waals surface area contributed by atoms with Gasteiger partial charge in [0.05, 0.1) is 6.04 Å². The second-order valence-electron chi connectivity index (χ2n) is 4.48. The molecule has 0 aromatic heterocycles. The Bertz CT molecular complexity index is 364. The lowest BCUT2D eigenvalue weighted by molar-refractivity contribution is -0.135. The molecule has 3 nitrogen and oxygen atoms in total. The van der Waals surface area contributed by atoms with Gasteiger partial charge >= 0.3 is 0 Å². The fraction of sp³-hybridized carbons (Fsp3) is 0.500. The van der Waals surface area contributed by atoms with Crippen LogP contribution in [-0.2, 0) is 11.2 Å². The van der Waals surface area contributed by atoms with Gasteiger partial charge in [0.1, 0.15) is 0 Å². The van der Waals surface area contributed by atoms with E-state index >= 15 is 0 Å². The van der Waals surface area contributed by atoms with E-state index in [9.17, 15) is 4.79 Å². The molecule has 1 aromatic carbocycles. The van der Waals surface area contributed by atoms with Gasteiger partial charge in [-0.25, -0.2) is 0 Å². The molecule has 1 unspecified atom stereocenters. The molecule has 1 heterocycles. The maximum atomic E-state index is 12.0. The van der Waals surface area contributed by atoms with Crippen LogP contribution in [0.3, 0.4) is 0 Å². The van der Waals surface area contributed by atoms with Crippen molar-refractivity contribution in [3.63, 3.8) is 0 Å². The average molecular weight is 232 g/mol. The smallest absolute Gasteiger partial charge is 0.239 e. The van der Waals surface area contributed by atoms with E-state index in [1.54, 1.807) is 0 Å². The number of rotatable bonds is 4. The summed E-state index contributed by atoms with van der Waals surface area (Å²) in [6.07, 6.45) is 1.82. The Hall–Kier alpha value is -1.35. The Morgan fingerprint density at radius 1 is 1.35 bits per heavy atom. The highest BCUT2D eigenvalue weighted by molar-refractivity contribution is 5.82. The molecule has 0 spiro atoms.